The number of benzene rings is 6. The first-order chi connectivity index (χ1) is 26.8. The summed E-state index contributed by atoms with van der Waals surface area (Å²) in [5.74, 6) is 1.60. The smallest absolute Gasteiger partial charge is 0.134 e. The van der Waals surface area contributed by atoms with Gasteiger partial charge in [0.2, 0.25) is 0 Å². The Morgan fingerprint density at radius 1 is 0.519 bits per heavy atom. The van der Waals surface area contributed by atoms with Crippen LogP contribution in [-0.4, -0.2) is 19.1 Å². The topological polar surface area (TPSA) is 68.7 Å². The average Bonchev–Trinajstić information content (AvgIpc) is 3.85. The maximum atomic E-state index is 9.81. The molecule has 5 heterocycles. The van der Waals surface area contributed by atoms with Crippen molar-refractivity contribution < 1.29 is 4.74 Å². The summed E-state index contributed by atoms with van der Waals surface area (Å²) in [5, 5.41) is 14.3. The number of aromatic nitrogens is 4. The Hall–Kier alpha value is -7.49. The Bertz CT molecular complexity index is 3240. The highest BCUT2D eigenvalue weighted by Gasteiger charge is 2.54. The molecule has 0 amide bonds. The van der Waals surface area contributed by atoms with Gasteiger partial charge in [-0.2, -0.15) is 5.26 Å². The van der Waals surface area contributed by atoms with E-state index in [1.165, 1.54) is 10.8 Å². The Morgan fingerprint density at radius 3 is 1.93 bits per heavy atom. The van der Waals surface area contributed by atoms with Crippen LogP contribution in [-0.2, 0) is 5.41 Å². The third-order valence-electron chi connectivity index (χ3n) is 11.5. The van der Waals surface area contributed by atoms with Gasteiger partial charge in [0.1, 0.15) is 11.5 Å². The van der Waals surface area contributed by atoms with Gasteiger partial charge in [-0.05, 0) is 72.3 Å². The molecule has 0 saturated heterocycles. The van der Waals surface area contributed by atoms with Gasteiger partial charge in [0.05, 0.1) is 68.1 Å². The van der Waals surface area contributed by atoms with E-state index >= 15 is 0 Å². The molecule has 0 fully saturated rings. The zero-order valence-corrected chi connectivity index (χ0v) is 28.7. The summed E-state index contributed by atoms with van der Waals surface area (Å²) in [6, 6.07) is 55.3. The molecular formula is C48H27N5O. The summed E-state index contributed by atoms with van der Waals surface area (Å²) in [6.07, 6.45) is 3.83. The lowest BCUT2D eigenvalue weighted by molar-refractivity contribution is 0.435. The molecule has 10 aromatic rings. The summed E-state index contributed by atoms with van der Waals surface area (Å²) in [7, 11) is 0. The fraction of sp³-hybridized carbons (Fsp3) is 0.0208. The largest absolute Gasteiger partial charge is 0.457 e. The minimum absolute atomic E-state index is 0.631. The van der Waals surface area contributed by atoms with Gasteiger partial charge >= 0.3 is 0 Å². The Balaban J connectivity index is 1.24. The molecule has 1 aliphatic carbocycles. The number of hydrogen-bond donors (Lipinski definition) is 0. The van der Waals surface area contributed by atoms with Crippen LogP contribution < -0.4 is 4.74 Å². The van der Waals surface area contributed by atoms with Gasteiger partial charge in [0.15, 0.2) is 0 Å². The van der Waals surface area contributed by atoms with Crippen LogP contribution in [0.25, 0.3) is 66.4 Å². The maximum absolute atomic E-state index is 9.81. The first-order valence-electron chi connectivity index (χ1n) is 18.0. The number of para-hydroxylation sites is 4. The third kappa shape index (κ3) is 3.58. The van der Waals surface area contributed by atoms with Crippen LogP contribution in [0.2, 0.25) is 0 Å². The molecule has 1 spiro atoms. The molecule has 1 atom stereocenters. The normalized spacial score (nSPS) is 15.2. The van der Waals surface area contributed by atoms with E-state index < -0.39 is 5.41 Å². The van der Waals surface area contributed by atoms with Crippen molar-refractivity contribution in [2.75, 3.05) is 0 Å². The number of nitriles is 1. The van der Waals surface area contributed by atoms with Crippen LogP contribution in [0.4, 0.5) is 0 Å². The van der Waals surface area contributed by atoms with Crippen LogP contribution >= 0.6 is 0 Å². The van der Waals surface area contributed by atoms with Gasteiger partial charge < -0.3 is 13.9 Å². The standard InChI is InChI=1S/C48H27N5O/c49-27-29-22-23-41-34(25-29)33-13-3-5-16-38(33)52(41)30-26-37-47(51-28-30)46-36(15-10-24-50-46)48(37)35-14-4-8-20-43(35)54-44-21-9-19-42(45(44)48)53-39-17-6-1-11-31(39)32-12-2-7-18-40(32)53/h1-26,28H. The predicted molar refractivity (Wildman–Crippen MR) is 213 cm³/mol. The van der Waals surface area contributed by atoms with E-state index in [4.69, 9.17) is 14.7 Å². The minimum Gasteiger partial charge on any atom is -0.457 e. The molecule has 6 aromatic carbocycles. The van der Waals surface area contributed by atoms with Gasteiger partial charge in [-0.3, -0.25) is 9.97 Å². The van der Waals surface area contributed by atoms with Crippen molar-refractivity contribution in [2.24, 2.45) is 0 Å². The zero-order valence-electron chi connectivity index (χ0n) is 28.7. The molecule has 0 N–H and O–H groups in total. The van der Waals surface area contributed by atoms with Gasteiger partial charge in [0.25, 0.3) is 0 Å². The SMILES string of the molecule is N#Cc1ccc2c(c1)c1ccccc1n2-c1cnc2c(c1)C1(c3ccccc3Oc3cccc(-n4c5ccccc5c5ccccc54)c31)c1cccnc1-2. The second kappa shape index (κ2) is 10.5. The van der Waals surface area contributed by atoms with Crippen LogP contribution in [0.5, 0.6) is 11.5 Å². The number of fused-ring (bicyclic) bond motifs is 15. The lowest BCUT2D eigenvalue weighted by Crippen LogP contribution is -2.33. The molecule has 1 unspecified atom stereocenters. The van der Waals surface area contributed by atoms with E-state index in [9.17, 15) is 5.26 Å². The second-order valence-corrected chi connectivity index (χ2v) is 14.1. The summed E-state index contributed by atoms with van der Waals surface area (Å²) < 4.78 is 11.6. The maximum Gasteiger partial charge on any atom is 0.134 e. The van der Waals surface area contributed by atoms with Crippen molar-refractivity contribution in [2.45, 2.75) is 5.41 Å². The molecule has 0 saturated carbocycles. The fourth-order valence-electron chi connectivity index (χ4n) is 9.44. The van der Waals surface area contributed by atoms with Gasteiger partial charge in [0, 0.05) is 44.4 Å². The van der Waals surface area contributed by atoms with Crippen molar-refractivity contribution in [3.8, 4) is 40.3 Å². The van der Waals surface area contributed by atoms with Crippen molar-refractivity contribution in [3.05, 3.63) is 192 Å². The number of pyridine rings is 2. The number of rotatable bonds is 2. The summed E-state index contributed by atoms with van der Waals surface area (Å²) in [4.78, 5) is 10.4. The number of nitrogens with zero attached hydrogens (tertiary/aromatic N) is 5. The molecular weight excluding hydrogens is 663 g/mol. The van der Waals surface area contributed by atoms with Crippen LogP contribution in [0.15, 0.2) is 164 Å². The van der Waals surface area contributed by atoms with Gasteiger partial charge in [-0.1, -0.05) is 84.9 Å². The Morgan fingerprint density at radius 2 is 1.15 bits per heavy atom. The van der Waals surface area contributed by atoms with E-state index in [1.807, 2.05) is 42.7 Å². The Kier molecular flexibility index (Phi) is 5.68. The van der Waals surface area contributed by atoms with E-state index in [0.29, 0.717) is 5.56 Å². The molecule has 4 aromatic heterocycles. The van der Waals surface area contributed by atoms with Gasteiger partial charge in [-0.15, -0.1) is 0 Å². The molecule has 0 radical (unpaired) electrons. The summed E-state index contributed by atoms with van der Waals surface area (Å²) >= 11 is 0. The molecule has 6 nitrogen and oxygen atoms in total. The van der Waals surface area contributed by atoms with Crippen molar-refractivity contribution in [1.82, 2.24) is 19.1 Å². The lowest BCUT2D eigenvalue weighted by atomic mass is 9.65. The van der Waals surface area contributed by atoms with Crippen LogP contribution in [0, 0.1) is 11.3 Å². The van der Waals surface area contributed by atoms with Crippen LogP contribution in [0.1, 0.15) is 27.8 Å². The van der Waals surface area contributed by atoms with Crippen molar-refractivity contribution >= 4 is 43.6 Å². The lowest BCUT2D eigenvalue weighted by Gasteiger charge is -2.40. The molecule has 0 bridgehead atoms. The fourth-order valence-corrected chi connectivity index (χ4v) is 9.44. The quantitative estimate of drug-likeness (QED) is 0.181. The Labute approximate surface area is 309 Å². The van der Waals surface area contributed by atoms with E-state index in [0.717, 1.165) is 89.4 Å². The van der Waals surface area contributed by atoms with E-state index in [2.05, 4.69) is 137 Å². The zero-order chi connectivity index (χ0) is 35.5. The minimum atomic E-state index is -0.831. The molecule has 54 heavy (non-hydrogen) atoms. The molecule has 1 aliphatic heterocycles. The molecule has 2 aliphatic rings. The molecule has 12 rings (SSSR count). The number of hydrogen-bond acceptors (Lipinski definition) is 4. The first kappa shape index (κ1) is 29.1. The van der Waals surface area contributed by atoms with Crippen molar-refractivity contribution in [1.29, 1.82) is 5.26 Å². The first-order valence-corrected chi connectivity index (χ1v) is 18.0. The third-order valence-corrected chi connectivity index (χ3v) is 11.5. The monoisotopic (exact) mass is 689 g/mol. The number of ether oxygens (including phenoxy) is 1. The van der Waals surface area contributed by atoms with E-state index in [-0.39, 0.29) is 0 Å². The highest BCUT2D eigenvalue weighted by Crippen LogP contribution is 2.63. The van der Waals surface area contributed by atoms with E-state index in [1.54, 1.807) is 0 Å². The average molecular weight is 690 g/mol. The van der Waals surface area contributed by atoms with Crippen LogP contribution in [0.3, 0.4) is 0 Å². The molecule has 250 valence electrons. The van der Waals surface area contributed by atoms with Gasteiger partial charge in [-0.25, -0.2) is 0 Å². The molecule has 6 heteroatoms. The second-order valence-electron chi connectivity index (χ2n) is 14.1. The summed E-state index contributed by atoms with van der Waals surface area (Å²) in [6.45, 7) is 0. The highest BCUT2D eigenvalue weighted by molar-refractivity contribution is 6.11. The highest BCUT2D eigenvalue weighted by atomic mass is 16.5. The van der Waals surface area contributed by atoms with Crippen molar-refractivity contribution in [3.63, 3.8) is 0 Å². The predicted octanol–water partition coefficient (Wildman–Crippen LogP) is 11.0. The summed E-state index contributed by atoms with van der Waals surface area (Å²) in [5.41, 5.74) is 12.0.